The minimum atomic E-state index is -5.01. The summed E-state index contributed by atoms with van der Waals surface area (Å²) in [5.41, 5.74) is -0.214. The van der Waals surface area contributed by atoms with E-state index in [0.717, 1.165) is 6.07 Å². The van der Waals surface area contributed by atoms with Gasteiger partial charge >= 0.3 is 7.60 Å². The first-order valence-corrected chi connectivity index (χ1v) is 8.89. The highest BCUT2D eigenvalue weighted by atomic mass is 31.2. The molecule has 0 saturated carbocycles. The zero-order chi connectivity index (χ0) is 19.0. The summed E-state index contributed by atoms with van der Waals surface area (Å²) in [4.78, 5) is 18.8. The van der Waals surface area contributed by atoms with Crippen LogP contribution in [0.25, 0.3) is 0 Å². The van der Waals surface area contributed by atoms with Gasteiger partial charge in [0.2, 0.25) is 0 Å². The minimum Gasteiger partial charge on any atom is -0.508 e. The third-order valence-corrected chi connectivity index (χ3v) is 4.81. The average molecular weight is 370 g/mol. The van der Waals surface area contributed by atoms with Crippen LogP contribution in [0.5, 0.6) is 17.2 Å². The summed E-state index contributed by atoms with van der Waals surface area (Å²) >= 11 is 0. The second-order valence-corrected chi connectivity index (χ2v) is 7.49. The van der Waals surface area contributed by atoms with Crippen LogP contribution in [0.15, 0.2) is 36.4 Å². The summed E-state index contributed by atoms with van der Waals surface area (Å²) in [6.45, 7) is 1.62. The number of phenolic OH excluding ortho intramolecular Hbond substituents is 3. The van der Waals surface area contributed by atoms with Gasteiger partial charge in [-0.05, 0) is 29.7 Å². The zero-order valence-corrected chi connectivity index (χ0v) is 14.1. The molecule has 0 radical (unpaired) electrons. The molecule has 0 heterocycles. The lowest BCUT2D eigenvalue weighted by Crippen LogP contribution is -2.33. The van der Waals surface area contributed by atoms with E-state index in [1.807, 2.05) is 0 Å². The molecule has 25 heavy (non-hydrogen) atoms. The summed E-state index contributed by atoms with van der Waals surface area (Å²) in [7, 11) is -5.01. The Kier molecular flexibility index (Phi) is 5.13. The zero-order valence-electron chi connectivity index (χ0n) is 13.2. The van der Waals surface area contributed by atoms with E-state index < -0.39 is 48.1 Å². The first-order valence-electron chi connectivity index (χ1n) is 7.28. The summed E-state index contributed by atoms with van der Waals surface area (Å²) in [6, 6.07) is 7.50. The van der Waals surface area contributed by atoms with Crippen LogP contribution >= 0.6 is 7.60 Å². The molecule has 0 fully saturated rings. The van der Waals surface area contributed by atoms with Crippen molar-refractivity contribution in [3.63, 3.8) is 0 Å². The lowest BCUT2D eigenvalue weighted by Gasteiger charge is -2.29. The van der Waals surface area contributed by atoms with E-state index in [1.165, 1.54) is 12.1 Å². The fourth-order valence-corrected chi connectivity index (χ4v) is 3.60. The molecule has 1 atom stereocenters. The Labute approximate surface area is 143 Å². The highest BCUT2D eigenvalue weighted by Crippen LogP contribution is 2.44. The highest BCUT2D eigenvalue weighted by molar-refractivity contribution is 7.60. The lowest BCUT2D eigenvalue weighted by molar-refractivity contribution is -0.177. The van der Waals surface area contributed by atoms with Crippen LogP contribution in [0.3, 0.4) is 0 Å². The molecule has 0 amide bonds. The number of benzene rings is 2. The molecule has 8 nitrogen and oxygen atoms in total. The van der Waals surface area contributed by atoms with E-state index in [0.29, 0.717) is 11.6 Å². The molecule has 0 spiro atoms. The van der Waals surface area contributed by atoms with Gasteiger partial charge in [-0.3, -0.25) is 4.57 Å². The molecule has 2 aromatic carbocycles. The van der Waals surface area contributed by atoms with Crippen molar-refractivity contribution in [2.75, 3.05) is 0 Å². The van der Waals surface area contributed by atoms with Crippen LogP contribution in [0.4, 0.5) is 0 Å². The smallest absolute Gasteiger partial charge is 0.356 e. The van der Waals surface area contributed by atoms with Crippen LogP contribution in [0, 0.1) is 0 Å². The number of aliphatic hydroxyl groups is 2. The molecule has 7 N–H and O–H groups in total. The standard InChI is InChI=1S/C16H19O8P/c1-9(10-3-2-4-11(17)5-10)8-16(20,21)15-13(19)6-12(18)7-14(15)25(22,23)24/h2-7,9,17-21H,8H2,1H3,(H2,22,23,24). The Morgan fingerprint density at radius 1 is 1.04 bits per heavy atom. The first kappa shape index (κ1) is 19.2. The summed E-state index contributed by atoms with van der Waals surface area (Å²) in [5, 5.41) is 48.8. The number of phenols is 3. The van der Waals surface area contributed by atoms with Crippen LogP contribution in [-0.2, 0) is 10.4 Å². The van der Waals surface area contributed by atoms with Crippen LogP contribution in [0.1, 0.15) is 30.4 Å². The van der Waals surface area contributed by atoms with E-state index in [-0.39, 0.29) is 5.75 Å². The van der Waals surface area contributed by atoms with Crippen molar-refractivity contribution in [2.45, 2.75) is 25.0 Å². The van der Waals surface area contributed by atoms with Crippen molar-refractivity contribution < 1.29 is 39.9 Å². The van der Waals surface area contributed by atoms with E-state index in [2.05, 4.69) is 0 Å². The molecule has 0 saturated heterocycles. The molecule has 0 aliphatic carbocycles. The van der Waals surface area contributed by atoms with Gasteiger partial charge in [0.15, 0.2) is 5.79 Å². The average Bonchev–Trinajstić information content (AvgIpc) is 2.44. The normalized spacial score (nSPS) is 13.6. The van der Waals surface area contributed by atoms with Crippen molar-refractivity contribution in [1.29, 1.82) is 0 Å². The quantitative estimate of drug-likeness (QED) is 0.302. The van der Waals surface area contributed by atoms with Crippen LogP contribution in [-0.4, -0.2) is 35.3 Å². The van der Waals surface area contributed by atoms with Gasteiger partial charge in [-0.25, -0.2) is 0 Å². The van der Waals surface area contributed by atoms with Gasteiger partial charge in [-0.1, -0.05) is 19.1 Å². The molecule has 0 aromatic heterocycles. The number of aromatic hydroxyl groups is 3. The maximum Gasteiger partial charge on any atom is 0.356 e. The molecular weight excluding hydrogens is 351 g/mol. The van der Waals surface area contributed by atoms with Gasteiger partial charge in [-0.15, -0.1) is 0 Å². The second kappa shape index (κ2) is 6.67. The van der Waals surface area contributed by atoms with Crippen molar-refractivity contribution in [3.8, 4) is 17.2 Å². The first-order chi connectivity index (χ1) is 11.4. The Bertz CT molecular complexity index is 827. The van der Waals surface area contributed by atoms with Gasteiger partial charge in [0.05, 0.1) is 10.9 Å². The Hall–Kier alpha value is -2.09. The SMILES string of the molecule is CC(CC(O)(O)c1c(O)cc(O)cc1P(=O)(O)O)c1cccc(O)c1. The van der Waals surface area contributed by atoms with Gasteiger partial charge in [-0.2, -0.15) is 0 Å². The molecular formula is C16H19O8P. The molecule has 136 valence electrons. The number of hydrogen-bond acceptors (Lipinski definition) is 6. The highest BCUT2D eigenvalue weighted by Gasteiger charge is 2.39. The van der Waals surface area contributed by atoms with Crippen LogP contribution in [0.2, 0.25) is 0 Å². The molecule has 9 heteroatoms. The van der Waals surface area contributed by atoms with Crippen molar-refractivity contribution in [2.24, 2.45) is 0 Å². The second-order valence-electron chi connectivity index (χ2n) is 5.92. The van der Waals surface area contributed by atoms with Gasteiger partial charge < -0.3 is 35.3 Å². The van der Waals surface area contributed by atoms with E-state index in [9.17, 15) is 39.9 Å². The lowest BCUT2D eigenvalue weighted by atomic mass is 9.89. The van der Waals surface area contributed by atoms with Crippen LogP contribution < -0.4 is 5.30 Å². The number of hydrogen-bond donors (Lipinski definition) is 7. The molecule has 0 aliphatic rings. The molecule has 0 bridgehead atoms. The van der Waals surface area contributed by atoms with Gasteiger partial charge in [0.25, 0.3) is 0 Å². The summed E-state index contributed by atoms with van der Waals surface area (Å²) in [5.74, 6) is -4.84. The molecule has 2 rings (SSSR count). The predicted octanol–water partition coefficient (Wildman–Crippen LogP) is 0.938. The molecule has 2 aromatic rings. The Morgan fingerprint density at radius 3 is 2.24 bits per heavy atom. The largest absolute Gasteiger partial charge is 0.508 e. The van der Waals surface area contributed by atoms with Crippen molar-refractivity contribution in [1.82, 2.24) is 0 Å². The Balaban J connectivity index is 2.47. The third-order valence-electron chi connectivity index (χ3n) is 3.83. The molecule has 1 unspecified atom stereocenters. The number of rotatable bonds is 5. The predicted molar refractivity (Wildman–Crippen MR) is 88.7 cm³/mol. The third kappa shape index (κ3) is 4.31. The van der Waals surface area contributed by atoms with E-state index >= 15 is 0 Å². The maximum absolute atomic E-state index is 11.6. The monoisotopic (exact) mass is 370 g/mol. The van der Waals surface area contributed by atoms with Gasteiger partial charge in [0.1, 0.15) is 17.2 Å². The summed E-state index contributed by atoms with van der Waals surface area (Å²) < 4.78 is 11.6. The minimum absolute atomic E-state index is 0.0192. The van der Waals surface area contributed by atoms with E-state index in [4.69, 9.17) is 0 Å². The fourth-order valence-electron chi connectivity index (χ4n) is 2.72. The topological polar surface area (TPSA) is 159 Å². The van der Waals surface area contributed by atoms with E-state index in [1.54, 1.807) is 19.1 Å². The Morgan fingerprint density at radius 2 is 1.68 bits per heavy atom. The summed E-state index contributed by atoms with van der Waals surface area (Å²) in [6.07, 6.45) is -0.429. The molecule has 0 aliphatic heterocycles. The fraction of sp³-hybridized carbons (Fsp3) is 0.250. The van der Waals surface area contributed by atoms with Gasteiger partial charge in [0, 0.05) is 12.5 Å². The van der Waals surface area contributed by atoms with Crippen molar-refractivity contribution >= 4 is 12.9 Å². The maximum atomic E-state index is 11.6. The van der Waals surface area contributed by atoms with Crippen molar-refractivity contribution in [3.05, 3.63) is 47.5 Å².